The maximum Gasteiger partial charge on any atom is 0.215 e. The molecule has 26 heavy (non-hydrogen) atoms. The molecule has 0 bridgehead atoms. The van der Waals surface area contributed by atoms with Gasteiger partial charge in [-0.15, -0.1) is 0 Å². The molecule has 0 radical (unpaired) electrons. The van der Waals surface area contributed by atoms with E-state index in [1.165, 1.54) is 11.3 Å². The van der Waals surface area contributed by atoms with Crippen molar-refractivity contribution < 1.29 is 13.2 Å². The fraction of sp³-hybridized carbons (Fsp3) is 0.400. The van der Waals surface area contributed by atoms with Crippen LogP contribution in [-0.2, 0) is 26.9 Å². The van der Waals surface area contributed by atoms with Crippen molar-refractivity contribution in [2.45, 2.75) is 18.6 Å². The van der Waals surface area contributed by atoms with Gasteiger partial charge in [-0.2, -0.15) is 0 Å². The van der Waals surface area contributed by atoms with E-state index < -0.39 is 10.0 Å². The normalized spacial score (nSPS) is 15.2. The van der Waals surface area contributed by atoms with Crippen molar-refractivity contribution in [1.82, 2.24) is 4.72 Å². The van der Waals surface area contributed by atoms with Gasteiger partial charge in [-0.1, -0.05) is 42.5 Å². The number of nitrogens with zero attached hydrogens (tertiary/aromatic N) is 1. The second kappa shape index (κ2) is 9.16. The first-order valence-electron chi connectivity index (χ1n) is 9.05. The smallest absolute Gasteiger partial charge is 0.215 e. The molecule has 1 fully saturated rings. The number of rotatable bonds is 8. The molecule has 0 spiro atoms. The number of ether oxygens (including phenoxy) is 1. The van der Waals surface area contributed by atoms with Crippen LogP contribution in [0, 0.1) is 0 Å². The molecule has 1 aliphatic heterocycles. The Morgan fingerprint density at radius 1 is 0.923 bits per heavy atom. The molecule has 1 heterocycles. The Bertz CT molecular complexity index is 770. The van der Waals surface area contributed by atoms with E-state index in [9.17, 15) is 8.42 Å². The van der Waals surface area contributed by atoms with Crippen LogP contribution < -0.4 is 9.62 Å². The third kappa shape index (κ3) is 5.83. The van der Waals surface area contributed by atoms with Gasteiger partial charge in [-0.3, -0.25) is 0 Å². The van der Waals surface area contributed by atoms with Crippen molar-refractivity contribution in [3.8, 4) is 0 Å². The second-order valence-electron chi connectivity index (χ2n) is 6.51. The minimum Gasteiger partial charge on any atom is -0.378 e. The van der Waals surface area contributed by atoms with Crippen molar-refractivity contribution >= 4 is 15.7 Å². The molecule has 0 aromatic heterocycles. The monoisotopic (exact) mass is 374 g/mol. The van der Waals surface area contributed by atoms with Crippen LogP contribution in [0.2, 0.25) is 0 Å². The average Bonchev–Trinajstić information content (AvgIpc) is 2.67. The van der Waals surface area contributed by atoms with Gasteiger partial charge in [-0.05, 0) is 36.1 Å². The molecule has 5 nitrogen and oxygen atoms in total. The highest BCUT2D eigenvalue weighted by Crippen LogP contribution is 2.17. The van der Waals surface area contributed by atoms with Gasteiger partial charge >= 0.3 is 0 Å². The maximum atomic E-state index is 12.1. The first-order valence-corrected chi connectivity index (χ1v) is 10.7. The number of sulfonamides is 1. The largest absolute Gasteiger partial charge is 0.378 e. The van der Waals surface area contributed by atoms with Crippen LogP contribution in [0.3, 0.4) is 0 Å². The Morgan fingerprint density at radius 2 is 1.62 bits per heavy atom. The third-order valence-electron chi connectivity index (χ3n) is 4.48. The predicted octanol–water partition coefficient (Wildman–Crippen LogP) is 2.58. The molecule has 1 N–H and O–H groups in total. The molecule has 0 aliphatic carbocycles. The van der Waals surface area contributed by atoms with Crippen molar-refractivity contribution in [2.24, 2.45) is 0 Å². The van der Waals surface area contributed by atoms with Crippen LogP contribution in [0.5, 0.6) is 0 Å². The van der Waals surface area contributed by atoms with E-state index in [0.29, 0.717) is 6.54 Å². The first kappa shape index (κ1) is 18.9. The highest BCUT2D eigenvalue weighted by Gasteiger charge is 2.12. The highest BCUT2D eigenvalue weighted by molar-refractivity contribution is 7.88. The molecule has 0 unspecified atom stereocenters. The lowest BCUT2D eigenvalue weighted by molar-refractivity contribution is 0.122. The van der Waals surface area contributed by atoms with Gasteiger partial charge < -0.3 is 9.64 Å². The zero-order valence-electron chi connectivity index (χ0n) is 14.9. The Balaban J connectivity index is 1.41. The molecule has 140 valence electrons. The number of morpholine rings is 1. The molecule has 6 heteroatoms. The minimum atomic E-state index is -3.28. The van der Waals surface area contributed by atoms with Crippen molar-refractivity contribution in [1.29, 1.82) is 0 Å². The molecule has 2 aromatic rings. The minimum absolute atomic E-state index is 0.0298. The molecule has 2 aromatic carbocycles. The van der Waals surface area contributed by atoms with Crippen LogP contribution in [-0.4, -0.2) is 41.3 Å². The van der Waals surface area contributed by atoms with E-state index in [1.807, 2.05) is 30.3 Å². The summed E-state index contributed by atoms with van der Waals surface area (Å²) >= 11 is 0. The van der Waals surface area contributed by atoms with Gasteiger partial charge in [0.15, 0.2) is 0 Å². The molecule has 0 amide bonds. The van der Waals surface area contributed by atoms with Gasteiger partial charge in [0.25, 0.3) is 0 Å². The number of aryl methyl sites for hydroxylation is 1. The molecule has 0 atom stereocenters. The molecule has 1 saturated heterocycles. The summed E-state index contributed by atoms with van der Waals surface area (Å²) in [6.45, 7) is 3.89. The average molecular weight is 375 g/mol. The molecule has 3 rings (SSSR count). The number of benzene rings is 2. The predicted molar refractivity (Wildman–Crippen MR) is 105 cm³/mol. The summed E-state index contributed by atoms with van der Waals surface area (Å²) < 4.78 is 32.3. The van der Waals surface area contributed by atoms with Crippen LogP contribution >= 0.6 is 0 Å². The summed E-state index contributed by atoms with van der Waals surface area (Å²) in [7, 11) is -3.28. The van der Waals surface area contributed by atoms with Crippen molar-refractivity contribution in [3.63, 3.8) is 0 Å². The fourth-order valence-corrected chi connectivity index (χ4v) is 4.25. The van der Waals surface area contributed by atoms with Crippen molar-refractivity contribution in [3.05, 3.63) is 65.7 Å². The Kier molecular flexibility index (Phi) is 6.66. The maximum absolute atomic E-state index is 12.1. The SMILES string of the molecule is O=S(=O)(Cc1ccccc1)NCCCc1ccc(N2CCOCC2)cc1. The summed E-state index contributed by atoms with van der Waals surface area (Å²) in [6, 6.07) is 17.8. The van der Waals surface area contributed by atoms with E-state index >= 15 is 0 Å². The Labute approximate surface area is 156 Å². The van der Waals surface area contributed by atoms with Crippen LogP contribution in [0.1, 0.15) is 17.5 Å². The lowest BCUT2D eigenvalue weighted by atomic mass is 10.1. The molecular weight excluding hydrogens is 348 g/mol. The lowest BCUT2D eigenvalue weighted by Crippen LogP contribution is -2.36. The lowest BCUT2D eigenvalue weighted by Gasteiger charge is -2.28. The van der Waals surface area contributed by atoms with Crippen LogP contribution in [0.4, 0.5) is 5.69 Å². The molecule has 0 saturated carbocycles. The zero-order valence-corrected chi connectivity index (χ0v) is 15.7. The summed E-state index contributed by atoms with van der Waals surface area (Å²) in [4.78, 5) is 2.32. The highest BCUT2D eigenvalue weighted by atomic mass is 32.2. The van der Waals surface area contributed by atoms with Gasteiger partial charge in [0, 0.05) is 25.3 Å². The van der Waals surface area contributed by atoms with E-state index in [-0.39, 0.29) is 5.75 Å². The van der Waals surface area contributed by atoms with Gasteiger partial charge in [-0.25, -0.2) is 13.1 Å². The number of anilines is 1. The summed E-state index contributed by atoms with van der Waals surface area (Å²) in [5, 5.41) is 0. The van der Waals surface area contributed by atoms with Crippen LogP contribution in [0.25, 0.3) is 0 Å². The number of nitrogens with one attached hydrogen (secondary N) is 1. The Morgan fingerprint density at radius 3 is 2.31 bits per heavy atom. The number of hydrogen-bond donors (Lipinski definition) is 1. The second-order valence-corrected chi connectivity index (χ2v) is 8.32. The molecule has 1 aliphatic rings. The topological polar surface area (TPSA) is 58.6 Å². The van der Waals surface area contributed by atoms with Crippen molar-refractivity contribution in [2.75, 3.05) is 37.7 Å². The van der Waals surface area contributed by atoms with E-state index in [1.54, 1.807) is 0 Å². The van der Waals surface area contributed by atoms with Gasteiger partial charge in [0.05, 0.1) is 19.0 Å². The van der Waals surface area contributed by atoms with E-state index in [2.05, 4.69) is 33.9 Å². The van der Waals surface area contributed by atoms with E-state index in [0.717, 1.165) is 44.7 Å². The quantitative estimate of drug-likeness (QED) is 0.722. The van der Waals surface area contributed by atoms with Gasteiger partial charge in [0.1, 0.15) is 0 Å². The van der Waals surface area contributed by atoms with Gasteiger partial charge in [0.2, 0.25) is 10.0 Å². The first-order chi connectivity index (χ1) is 12.6. The fourth-order valence-electron chi connectivity index (χ4n) is 3.06. The third-order valence-corrected chi connectivity index (χ3v) is 5.83. The molecular formula is C20H26N2O3S. The zero-order chi connectivity index (χ0) is 18.2. The summed E-state index contributed by atoms with van der Waals surface area (Å²) in [6.07, 6.45) is 1.64. The number of hydrogen-bond acceptors (Lipinski definition) is 4. The summed E-state index contributed by atoms with van der Waals surface area (Å²) in [5.74, 6) is 0.0298. The van der Waals surface area contributed by atoms with E-state index in [4.69, 9.17) is 4.74 Å². The Hall–Kier alpha value is -1.89. The van der Waals surface area contributed by atoms with Crippen LogP contribution in [0.15, 0.2) is 54.6 Å². The summed E-state index contributed by atoms with van der Waals surface area (Å²) in [5.41, 5.74) is 3.25. The standard InChI is InChI=1S/C20H26N2O3S/c23-26(24,17-19-5-2-1-3-6-19)21-12-4-7-18-8-10-20(11-9-18)22-13-15-25-16-14-22/h1-3,5-6,8-11,21H,4,7,12-17H2.